The first-order chi connectivity index (χ1) is 8.62. The van der Waals surface area contributed by atoms with Crippen LogP contribution < -0.4 is 5.32 Å². The average molecular weight is 254 g/mol. The van der Waals surface area contributed by atoms with Gasteiger partial charge in [-0.05, 0) is 18.1 Å². The van der Waals surface area contributed by atoms with Gasteiger partial charge >= 0.3 is 0 Å². The maximum atomic E-state index is 11.0. The minimum Gasteiger partial charge on any atom is -0.392 e. The van der Waals surface area contributed by atoms with Crippen LogP contribution in [0.15, 0.2) is 18.2 Å². The topological polar surface area (TPSA) is 84.6 Å². The SMILES string of the molecule is CCC(COC)Nc1ccc(CO)cc1[N+](=O)[O-]. The molecule has 0 amide bonds. The van der Waals surface area contributed by atoms with E-state index in [1.54, 1.807) is 19.2 Å². The Kier molecular flexibility index (Phi) is 5.54. The molecule has 0 bridgehead atoms. The van der Waals surface area contributed by atoms with Gasteiger partial charge in [0.15, 0.2) is 0 Å². The summed E-state index contributed by atoms with van der Waals surface area (Å²) in [5.41, 5.74) is 0.934. The van der Waals surface area contributed by atoms with Gasteiger partial charge in [0.1, 0.15) is 5.69 Å². The highest BCUT2D eigenvalue weighted by Gasteiger charge is 2.17. The first kappa shape index (κ1) is 14.4. The van der Waals surface area contributed by atoms with Crippen molar-refractivity contribution >= 4 is 11.4 Å². The largest absolute Gasteiger partial charge is 0.392 e. The molecular weight excluding hydrogens is 236 g/mol. The van der Waals surface area contributed by atoms with Crippen molar-refractivity contribution in [1.29, 1.82) is 0 Å². The first-order valence-corrected chi connectivity index (χ1v) is 5.76. The average Bonchev–Trinajstić information content (AvgIpc) is 2.38. The van der Waals surface area contributed by atoms with Crippen molar-refractivity contribution in [3.05, 3.63) is 33.9 Å². The summed E-state index contributed by atoms with van der Waals surface area (Å²) < 4.78 is 5.04. The number of ether oxygens (including phenoxy) is 1. The number of hydrogen-bond acceptors (Lipinski definition) is 5. The smallest absolute Gasteiger partial charge is 0.292 e. The Morgan fingerprint density at radius 3 is 2.78 bits per heavy atom. The number of anilines is 1. The number of nitrogens with zero attached hydrogens (tertiary/aromatic N) is 1. The van der Waals surface area contributed by atoms with Crippen LogP contribution in [0.5, 0.6) is 0 Å². The zero-order chi connectivity index (χ0) is 13.5. The fraction of sp³-hybridized carbons (Fsp3) is 0.500. The molecule has 0 aliphatic carbocycles. The second-order valence-electron chi connectivity index (χ2n) is 3.97. The highest BCUT2D eigenvalue weighted by atomic mass is 16.6. The number of rotatable bonds is 7. The van der Waals surface area contributed by atoms with Gasteiger partial charge in [-0.25, -0.2) is 0 Å². The van der Waals surface area contributed by atoms with E-state index in [0.717, 1.165) is 6.42 Å². The highest BCUT2D eigenvalue weighted by molar-refractivity contribution is 5.63. The van der Waals surface area contributed by atoms with Crippen LogP contribution in [0.1, 0.15) is 18.9 Å². The molecule has 0 aliphatic heterocycles. The third-order valence-electron chi connectivity index (χ3n) is 2.66. The normalized spacial score (nSPS) is 12.2. The van der Waals surface area contributed by atoms with Crippen molar-refractivity contribution in [2.24, 2.45) is 0 Å². The Bertz CT molecular complexity index is 409. The lowest BCUT2D eigenvalue weighted by Crippen LogP contribution is -2.24. The van der Waals surface area contributed by atoms with E-state index in [0.29, 0.717) is 17.9 Å². The van der Waals surface area contributed by atoms with Gasteiger partial charge in [-0.3, -0.25) is 10.1 Å². The number of aliphatic hydroxyl groups excluding tert-OH is 1. The summed E-state index contributed by atoms with van der Waals surface area (Å²) in [6.45, 7) is 2.25. The van der Waals surface area contributed by atoms with Crippen LogP contribution in [0, 0.1) is 10.1 Å². The summed E-state index contributed by atoms with van der Waals surface area (Å²) in [5.74, 6) is 0. The van der Waals surface area contributed by atoms with Crippen molar-refractivity contribution in [3.63, 3.8) is 0 Å². The Balaban J connectivity index is 2.96. The van der Waals surface area contributed by atoms with Gasteiger partial charge < -0.3 is 15.2 Å². The van der Waals surface area contributed by atoms with Gasteiger partial charge in [-0.2, -0.15) is 0 Å². The molecule has 2 N–H and O–H groups in total. The van der Waals surface area contributed by atoms with Gasteiger partial charge in [0.25, 0.3) is 5.69 Å². The van der Waals surface area contributed by atoms with Gasteiger partial charge in [-0.15, -0.1) is 0 Å². The molecule has 1 rings (SSSR count). The molecule has 6 heteroatoms. The fourth-order valence-corrected chi connectivity index (χ4v) is 1.63. The Labute approximate surface area is 106 Å². The standard InChI is InChI=1S/C12H18N2O4/c1-3-10(8-18-2)13-11-5-4-9(7-15)6-12(11)14(16)17/h4-6,10,13,15H,3,7-8H2,1-2H3. The Hall–Kier alpha value is -1.66. The predicted octanol–water partition coefficient (Wildman–Crippen LogP) is 1.92. The molecule has 0 saturated heterocycles. The zero-order valence-corrected chi connectivity index (χ0v) is 10.5. The molecule has 1 unspecified atom stereocenters. The summed E-state index contributed by atoms with van der Waals surface area (Å²) in [4.78, 5) is 10.5. The van der Waals surface area contributed by atoms with Crippen LogP contribution in [-0.2, 0) is 11.3 Å². The number of hydrogen-bond donors (Lipinski definition) is 2. The molecule has 0 aliphatic rings. The maximum absolute atomic E-state index is 11.0. The molecule has 0 heterocycles. The second kappa shape index (κ2) is 6.93. The zero-order valence-electron chi connectivity index (χ0n) is 10.5. The van der Waals surface area contributed by atoms with Crippen molar-refractivity contribution in [2.45, 2.75) is 26.0 Å². The van der Waals surface area contributed by atoms with E-state index >= 15 is 0 Å². The lowest BCUT2D eigenvalue weighted by atomic mass is 10.1. The summed E-state index contributed by atoms with van der Waals surface area (Å²) >= 11 is 0. The summed E-state index contributed by atoms with van der Waals surface area (Å²) in [6, 6.07) is 4.67. The van der Waals surface area contributed by atoms with Gasteiger partial charge in [-0.1, -0.05) is 13.0 Å². The fourth-order valence-electron chi connectivity index (χ4n) is 1.63. The van der Waals surface area contributed by atoms with Gasteiger partial charge in [0.05, 0.1) is 18.1 Å². The van der Waals surface area contributed by atoms with E-state index in [1.165, 1.54) is 6.07 Å². The Morgan fingerprint density at radius 2 is 2.28 bits per heavy atom. The summed E-state index contributed by atoms with van der Waals surface area (Å²) in [5, 5.41) is 23.0. The third-order valence-corrected chi connectivity index (χ3v) is 2.66. The van der Waals surface area contributed by atoms with Crippen molar-refractivity contribution in [3.8, 4) is 0 Å². The number of benzene rings is 1. The number of nitro benzene ring substituents is 1. The number of nitrogens with one attached hydrogen (secondary N) is 1. The number of aliphatic hydroxyl groups is 1. The van der Waals surface area contributed by atoms with E-state index in [1.807, 2.05) is 6.92 Å². The summed E-state index contributed by atoms with van der Waals surface area (Å²) in [7, 11) is 1.59. The quantitative estimate of drug-likeness (QED) is 0.573. The maximum Gasteiger partial charge on any atom is 0.292 e. The summed E-state index contributed by atoms with van der Waals surface area (Å²) in [6.07, 6.45) is 0.798. The van der Waals surface area contributed by atoms with Crippen LogP contribution >= 0.6 is 0 Å². The van der Waals surface area contributed by atoms with E-state index in [4.69, 9.17) is 9.84 Å². The minimum atomic E-state index is -0.457. The molecule has 1 aromatic rings. The lowest BCUT2D eigenvalue weighted by Gasteiger charge is -2.17. The van der Waals surface area contributed by atoms with Crippen LogP contribution in [0.2, 0.25) is 0 Å². The van der Waals surface area contributed by atoms with E-state index in [-0.39, 0.29) is 18.3 Å². The first-order valence-electron chi connectivity index (χ1n) is 5.76. The molecule has 0 spiro atoms. The van der Waals surface area contributed by atoms with E-state index < -0.39 is 4.92 Å². The van der Waals surface area contributed by atoms with Gasteiger partial charge in [0, 0.05) is 19.2 Å². The monoisotopic (exact) mass is 254 g/mol. The molecule has 1 aromatic carbocycles. The molecule has 0 aromatic heterocycles. The minimum absolute atomic E-state index is 0.0219. The van der Waals surface area contributed by atoms with Crippen molar-refractivity contribution < 1.29 is 14.8 Å². The molecule has 0 fully saturated rings. The van der Waals surface area contributed by atoms with Crippen molar-refractivity contribution in [1.82, 2.24) is 0 Å². The molecule has 6 nitrogen and oxygen atoms in total. The van der Waals surface area contributed by atoms with Crippen LogP contribution in [0.25, 0.3) is 0 Å². The van der Waals surface area contributed by atoms with Crippen LogP contribution in [0.3, 0.4) is 0 Å². The molecule has 1 atom stereocenters. The molecule has 0 saturated carbocycles. The molecule has 0 radical (unpaired) electrons. The van der Waals surface area contributed by atoms with Crippen molar-refractivity contribution in [2.75, 3.05) is 19.0 Å². The third kappa shape index (κ3) is 3.68. The lowest BCUT2D eigenvalue weighted by molar-refractivity contribution is -0.384. The predicted molar refractivity (Wildman–Crippen MR) is 68.6 cm³/mol. The second-order valence-corrected chi connectivity index (χ2v) is 3.97. The van der Waals surface area contributed by atoms with Gasteiger partial charge in [0.2, 0.25) is 0 Å². The molecule has 100 valence electrons. The van der Waals surface area contributed by atoms with E-state index in [2.05, 4.69) is 5.32 Å². The Morgan fingerprint density at radius 1 is 1.56 bits per heavy atom. The van der Waals surface area contributed by atoms with Crippen LogP contribution in [0.4, 0.5) is 11.4 Å². The number of nitro groups is 1. The number of methoxy groups -OCH3 is 1. The van der Waals surface area contributed by atoms with Crippen LogP contribution in [-0.4, -0.2) is 29.8 Å². The molecule has 18 heavy (non-hydrogen) atoms. The highest BCUT2D eigenvalue weighted by Crippen LogP contribution is 2.26. The molecular formula is C12H18N2O4. The van der Waals surface area contributed by atoms with E-state index in [9.17, 15) is 10.1 Å².